The molecule has 176 valence electrons. The second-order valence-electron chi connectivity index (χ2n) is 5.86. The van der Waals surface area contributed by atoms with Crippen LogP contribution in [0.25, 0.3) is 0 Å². The van der Waals surface area contributed by atoms with Gasteiger partial charge in [-0.05, 0) is 27.4 Å². The maximum Gasteiger partial charge on any atom is 0.472 e. The smallest absolute Gasteiger partial charge is 0.472 e. The molecule has 0 bridgehead atoms. The summed E-state index contributed by atoms with van der Waals surface area (Å²) >= 11 is 0. The van der Waals surface area contributed by atoms with Crippen LogP contribution >= 0.6 is 15.4 Å². The van der Waals surface area contributed by atoms with Gasteiger partial charge in [-0.2, -0.15) is 0 Å². The third-order valence-corrected chi connectivity index (χ3v) is 4.25. The van der Waals surface area contributed by atoms with Crippen molar-refractivity contribution in [3.63, 3.8) is 0 Å². The molecule has 13 heteroatoms. The lowest BCUT2D eigenvalue weighted by molar-refractivity contribution is -0.677. The summed E-state index contributed by atoms with van der Waals surface area (Å²) in [5.41, 5.74) is 0. The van der Waals surface area contributed by atoms with Crippen molar-refractivity contribution in [2.24, 2.45) is 14.1 Å². The zero-order valence-corrected chi connectivity index (χ0v) is 20.6. The van der Waals surface area contributed by atoms with Crippen LogP contribution in [-0.4, -0.2) is 34.3 Å². The predicted molar refractivity (Wildman–Crippen MR) is 109 cm³/mol. The Morgan fingerprint density at radius 3 is 1.80 bits per heavy atom. The highest BCUT2D eigenvalue weighted by molar-refractivity contribution is 7.47. The van der Waals surface area contributed by atoms with Gasteiger partial charge in [0.05, 0.1) is 33.9 Å². The highest BCUT2D eigenvalue weighted by Crippen LogP contribution is 2.42. The van der Waals surface area contributed by atoms with Crippen molar-refractivity contribution < 1.29 is 42.0 Å². The highest BCUT2D eigenvalue weighted by Gasteiger charge is 2.17. The molecule has 0 aliphatic heterocycles. The number of phosphoric acid groups is 1. The number of hydrogen-bond acceptors (Lipinski definition) is 6. The van der Waals surface area contributed by atoms with E-state index in [0.717, 1.165) is 13.0 Å². The molecule has 0 spiro atoms. The molecule has 0 amide bonds. The summed E-state index contributed by atoms with van der Waals surface area (Å²) in [4.78, 5) is 30.0. The Morgan fingerprint density at radius 1 is 1.10 bits per heavy atom. The van der Waals surface area contributed by atoms with Gasteiger partial charge in [0.2, 0.25) is 6.33 Å². The molecule has 0 saturated carbocycles. The molecular formula is C17H36N4O7P2. The topological polar surface area (TPSA) is 147 Å². The van der Waals surface area contributed by atoms with Gasteiger partial charge in [0, 0.05) is 6.42 Å². The largest absolute Gasteiger partial charge is 0.811 e. The molecule has 0 aromatic carbocycles. The molecule has 0 aliphatic carbocycles. The summed E-state index contributed by atoms with van der Waals surface area (Å²) in [6.45, 7) is 9.57. The van der Waals surface area contributed by atoms with Gasteiger partial charge in [0.15, 0.2) is 0 Å². The average Bonchev–Trinajstić information content (AvgIpc) is 3.22. The zero-order chi connectivity index (χ0) is 23.8. The predicted octanol–water partition coefficient (Wildman–Crippen LogP) is 0.424. The third-order valence-electron chi connectivity index (χ3n) is 3.08. The van der Waals surface area contributed by atoms with E-state index in [0.29, 0.717) is 6.66 Å². The zero-order valence-electron chi connectivity index (χ0n) is 18.8. The summed E-state index contributed by atoms with van der Waals surface area (Å²) in [5.74, 6) is 1.27. The van der Waals surface area contributed by atoms with Gasteiger partial charge in [0.25, 0.3) is 5.82 Å². The number of nitrogens with zero attached hydrogens (tertiary/aromatic N) is 3. The minimum absolute atomic E-state index is 0.188. The number of hydrogen-bond donors (Lipinski definition) is 2. The Labute approximate surface area is 179 Å². The van der Waals surface area contributed by atoms with E-state index in [2.05, 4.69) is 49.5 Å². The first-order chi connectivity index (χ1) is 13.8. The fourth-order valence-corrected chi connectivity index (χ4v) is 2.57. The molecule has 11 nitrogen and oxygen atoms in total. The molecule has 0 fully saturated rings. The van der Waals surface area contributed by atoms with Crippen LogP contribution < -0.4 is 18.9 Å². The molecule has 0 unspecified atom stereocenters. The molecule has 2 aromatic heterocycles. The first kappa shape index (κ1) is 30.9. The van der Waals surface area contributed by atoms with Crippen molar-refractivity contribution in [3.05, 3.63) is 36.9 Å². The Hall–Kier alpha value is -1.32. The van der Waals surface area contributed by atoms with Crippen molar-refractivity contribution in [2.75, 3.05) is 19.9 Å². The molecule has 0 radical (unpaired) electrons. The summed E-state index contributed by atoms with van der Waals surface area (Å²) in [6.07, 6.45) is 11.2. The third kappa shape index (κ3) is 20.0. The first-order valence-electron chi connectivity index (χ1n) is 9.43. The average molecular weight is 470 g/mol. The van der Waals surface area contributed by atoms with Gasteiger partial charge in [-0.3, -0.25) is 9.05 Å². The lowest BCUT2D eigenvalue weighted by atomic mass is 10.5. The summed E-state index contributed by atoms with van der Waals surface area (Å²) in [6, 6.07) is 0. The molecule has 2 aromatic rings. The van der Waals surface area contributed by atoms with E-state index in [4.69, 9.17) is 19.2 Å². The Morgan fingerprint density at radius 2 is 1.60 bits per heavy atom. The van der Waals surface area contributed by atoms with Gasteiger partial charge in [-0.15, -0.1) is 0 Å². The van der Waals surface area contributed by atoms with Crippen molar-refractivity contribution in [1.29, 1.82) is 0 Å². The molecule has 2 rings (SSSR count). The fraction of sp³-hybridized carbons (Fsp3) is 0.647. The molecule has 0 aliphatic rings. The van der Waals surface area contributed by atoms with E-state index in [1.54, 1.807) is 13.8 Å². The van der Waals surface area contributed by atoms with Crippen LogP contribution in [0.5, 0.6) is 0 Å². The Bertz CT molecular complexity index is 755. The number of H-pyrrole nitrogens is 1. The van der Waals surface area contributed by atoms with Crippen LogP contribution in [0.15, 0.2) is 31.1 Å². The van der Waals surface area contributed by atoms with Crippen LogP contribution in [-0.2, 0) is 45.2 Å². The van der Waals surface area contributed by atoms with E-state index in [1.165, 1.54) is 5.82 Å². The molecule has 30 heavy (non-hydrogen) atoms. The van der Waals surface area contributed by atoms with Crippen LogP contribution in [0.4, 0.5) is 0 Å². The van der Waals surface area contributed by atoms with Gasteiger partial charge in [0.1, 0.15) is 24.8 Å². The van der Waals surface area contributed by atoms with Gasteiger partial charge in [-0.25, -0.2) is 23.3 Å². The molecule has 2 N–H and O–H groups in total. The maximum atomic E-state index is 10.5. The van der Waals surface area contributed by atoms with Crippen molar-refractivity contribution >= 4 is 15.4 Å². The summed E-state index contributed by atoms with van der Waals surface area (Å²) < 4.78 is 34.6. The standard InChI is InChI=1S/C6H11N2.C6H10N2.C4H11O4P.CH5O3P/c1-3-8-5-4-7(2)6-8;1-3-6-7-4-5-8(6)2;1-3-7-9(5,6)8-4-2;1-5(2,3)4/h4-6H,3H2,1-2H3;4-5H,3H2,1-2H3;3-4H2,1-2H3,(H,5,6);1H3,(H2,2,3,4)/q+1;;;/p-1. The van der Waals surface area contributed by atoms with Crippen LogP contribution in [0, 0.1) is 0 Å². The van der Waals surface area contributed by atoms with Gasteiger partial charge < -0.3 is 19.2 Å². The number of phosphoric ester groups is 1. The number of aromatic nitrogens is 4. The normalized spacial score (nSPS) is 10.7. The fourth-order valence-electron chi connectivity index (χ4n) is 1.84. The number of aromatic amines is 1. The van der Waals surface area contributed by atoms with E-state index >= 15 is 0 Å². The SMILES string of the molecule is CCOP(=O)(O)OCC.CCc1[nH]cc[n+]1C.CCn1cc[n+](C)c1.CP(=O)([O-])[O-]. The number of imidazole rings is 2. The minimum atomic E-state index is -4.14. The van der Waals surface area contributed by atoms with Crippen LogP contribution in [0.3, 0.4) is 0 Å². The van der Waals surface area contributed by atoms with Crippen molar-refractivity contribution in [1.82, 2.24) is 9.55 Å². The highest BCUT2D eigenvalue weighted by atomic mass is 31.2. The monoisotopic (exact) mass is 470 g/mol. The molecule has 2 heterocycles. The van der Waals surface area contributed by atoms with E-state index in [-0.39, 0.29) is 13.2 Å². The van der Waals surface area contributed by atoms with Crippen molar-refractivity contribution in [2.45, 2.75) is 40.7 Å². The van der Waals surface area contributed by atoms with Gasteiger partial charge in [-0.1, -0.05) is 14.5 Å². The molecular weight excluding hydrogens is 434 g/mol. The molecule has 0 saturated heterocycles. The van der Waals surface area contributed by atoms with Gasteiger partial charge >= 0.3 is 7.82 Å². The van der Waals surface area contributed by atoms with Crippen LogP contribution in [0.2, 0.25) is 0 Å². The summed E-state index contributed by atoms with van der Waals surface area (Å²) in [7, 11) is -3.77. The summed E-state index contributed by atoms with van der Waals surface area (Å²) in [5, 5.41) is 0. The van der Waals surface area contributed by atoms with E-state index in [9.17, 15) is 4.57 Å². The Balaban J connectivity index is 0. The van der Waals surface area contributed by atoms with E-state index in [1.807, 2.05) is 37.3 Å². The quantitative estimate of drug-likeness (QED) is 0.459. The maximum absolute atomic E-state index is 10.5. The van der Waals surface area contributed by atoms with E-state index < -0.39 is 15.4 Å². The number of aryl methyl sites for hydroxylation is 4. The lowest BCUT2D eigenvalue weighted by Crippen LogP contribution is -2.29. The molecule has 0 atom stereocenters. The lowest BCUT2D eigenvalue weighted by Gasteiger charge is -2.22. The number of rotatable bonds is 6. The minimum Gasteiger partial charge on any atom is -0.811 e. The van der Waals surface area contributed by atoms with Crippen LogP contribution in [0.1, 0.15) is 33.5 Å². The number of nitrogens with one attached hydrogen (secondary N) is 1. The second-order valence-corrected chi connectivity index (χ2v) is 8.85. The second kappa shape index (κ2) is 16.4. The first-order valence-corrected chi connectivity index (χ1v) is 12.9. The van der Waals surface area contributed by atoms with Crippen molar-refractivity contribution in [3.8, 4) is 0 Å². The Kier molecular flexibility index (Phi) is 16.9.